The predicted octanol–water partition coefficient (Wildman–Crippen LogP) is 2.46. The third kappa shape index (κ3) is 7.16. The fourth-order valence-corrected chi connectivity index (χ4v) is 6.25. The summed E-state index contributed by atoms with van der Waals surface area (Å²) in [6.45, 7) is 0.529. The number of carboxylic acid groups (broad SMARTS) is 1. The van der Waals surface area contributed by atoms with Crippen molar-refractivity contribution in [1.29, 1.82) is 0 Å². The van der Waals surface area contributed by atoms with E-state index in [-0.39, 0.29) is 39.9 Å². The summed E-state index contributed by atoms with van der Waals surface area (Å²) in [5, 5.41) is 14.2. The molecular formula is C27H29N7O5S2. The fourth-order valence-electron chi connectivity index (χ4n) is 4.16. The van der Waals surface area contributed by atoms with Crippen LogP contribution in [0.3, 0.4) is 0 Å². The van der Waals surface area contributed by atoms with Gasteiger partial charge in [-0.2, -0.15) is 0 Å². The van der Waals surface area contributed by atoms with Crippen LogP contribution in [-0.4, -0.2) is 48.9 Å². The lowest BCUT2D eigenvalue weighted by Gasteiger charge is -2.15. The van der Waals surface area contributed by atoms with E-state index in [1.165, 1.54) is 23.7 Å². The Labute approximate surface area is 240 Å². The maximum atomic E-state index is 13.7. The van der Waals surface area contributed by atoms with Crippen LogP contribution in [0.5, 0.6) is 0 Å². The van der Waals surface area contributed by atoms with Gasteiger partial charge in [-0.1, -0.05) is 24.3 Å². The van der Waals surface area contributed by atoms with E-state index in [2.05, 4.69) is 20.0 Å². The van der Waals surface area contributed by atoms with Crippen molar-refractivity contribution >= 4 is 55.8 Å². The number of pyridine rings is 1. The van der Waals surface area contributed by atoms with Gasteiger partial charge in [0.2, 0.25) is 0 Å². The number of nitrogens with two attached hydrogens (primary N) is 3. The molecule has 0 aliphatic rings. The summed E-state index contributed by atoms with van der Waals surface area (Å²) in [7, 11) is -4.25. The van der Waals surface area contributed by atoms with E-state index < -0.39 is 27.9 Å². The van der Waals surface area contributed by atoms with Crippen molar-refractivity contribution in [3.8, 4) is 11.1 Å². The first-order valence-corrected chi connectivity index (χ1v) is 14.8. The molecule has 2 aromatic heterocycles. The summed E-state index contributed by atoms with van der Waals surface area (Å²) in [6, 6.07) is 14.5. The molecule has 214 valence electrons. The molecule has 0 aliphatic heterocycles. The molecule has 4 aromatic rings. The largest absolute Gasteiger partial charge is 0.480 e. The van der Waals surface area contributed by atoms with Gasteiger partial charge in [0.25, 0.3) is 15.9 Å². The Morgan fingerprint density at radius 2 is 1.88 bits per heavy atom. The summed E-state index contributed by atoms with van der Waals surface area (Å²) >= 11 is 0.973. The third-order valence-electron chi connectivity index (χ3n) is 6.12. The number of thiophene rings is 1. The normalized spacial score (nSPS) is 12.0. The molecule has 1 atom stereocenters. The third-order valence-corrected chi connectivity index (χ3v) is 8.41. The molecule has 0 fully saturated rings. The number of sulfonamides is 1. The van der Waals surface area contributed by atoms with Crippen LogP contribution >= 0.6 is 11.3 Å². The van der Waals surface area contributed by atoms with E-state index >= 15 is 0 Å². The molecule has 9 N–H and O–H groups in total. The zero-order chi connectivity index (χ0) is 29.6. The quantitative estimate of drug-likeness (QED) is 0.0804. The molecule has 0 saturated heterocycles. The summed E-state index contributed by atoms with van der Waals surface area (Å²) in [5.41, 5.74) is 18.9. The minimum atomic E-state index is -4.25. The number of aliphatic carboxylic acids is 1. The Morgan fingerprint density at radius 3 is 2.61 bits per heavy atom. The van der Waals surface area contributed by atoms with E-state index in [0.29, 0.717) is 23.9 Å². The lowest BCUT2D eigenvalue weighted by molar-refractivity contribution is -0.139. The number of carboxylic acids is 1. The molecule has 0 radical (unpaired) electrons. The Balaban J connectivity index is 1.63. The van der Waals surface area contributed by atoms with Crippen LogP contribution in [0.15, 0.2) is 76.1 Å². The van der Waals surface area contributed by atoms with Crippen LogP contribution in [0.4, 0.5) is 5.69 Å². The number of hydrogen-bond donors (Lipinski definition) is 6. The second-order valence-corrected chi connectivity index (χ2v) is 11.6. The predicted molar refractivity (Wildman–Crippen MR) is 159 cm³/mol. The van der Waals surface area contributed by atoms with E-state index in [4.69, 9.17) is 17.2 Å². The highest BCUT2D eigenvalue weighted by Gasteiger charge is 2.26. The van der Waals surface area contributed by atoms with Crippen LogP contribution in [0, 0.1) is 0 Å². The molecule has 0 saturated carbocycles. The first-order valence-electron chi connectivity index (χ1n) is 12.5. The smallest absolute Gasteiger partial charge is 0.326 e. The summed E-state index contributed by atoms with van der Waals surface area (Å²) < 4.78 is 30.0. The van der Waals surface area contributed by atoms with Gasteiger partial charge in [0.1, 0.15) is 15.8 Å². The van der Waals surface area contributed by atoms with Crippen molar-refractivity contribution in [2.24, 2.45) is 22.2 Å². The van der Waals surface area contributed by atoms with Gasteiger partial charge in [0.05, 0.1) is 11.2 Å². The van der Waals surface area contributed by atoms with Gasteiger partial charge in [-0.3, -0.25) is 19.5 Å². The molecule has 2 heterocycles. The molecule has 14 heteroatoms. The van der Waals surface area contributed by atoms with E-state index in [0.717, 1.165) is 22.5 Å². The zero-order valence-electron chi connectivity index (χ0n) is 21.8. The van der Waals surface area contributed by atoms with E-state index in [1.54, 1.807) is 12.1 Å². The van der Waals surface area contributed by atoms with Gasteiger partial charge < -0.3 is 27.6 Å². The van der Waals surface area contributed by atoms with Gasteiger partial charge in [-0.05, 0) is 65.2 Å². The lowest BCUT2D eigenvalue weighted by Crippen LogP contribution is -2.40. The minimum absolute atomic E-state index is 0.00751. The molecule has 0 spiro atoms. The number of aromatic nitrogens is 1. The number of fused-ring (bicyclic) bond motifs is 1. The summed E-state index contributed by atoms with van der Waals surface area (Å²) in [4.78, 5) is 32.8. The topological polar surface area (TPSA) is 216 Å². The number of rotatable bonds is 12. The second-order valence-electron chi connectivity index (χ2n) is 9.04. The van der Waals surface area contributed by atoms with Crippen molar-refractivity contribution in [1.82, 2.24) is 10.3 Å². The number of nitrogens with one attached hydrogen (secondary N) is 2. The van der Waals surface area contributed by atoms with Crippen molar-refractivity contribution in [2.75, 3.05) is 11.3 Å². The summed E-state index contributed by atoms with van der Waals surface area (Å²) in [6.07, 6.45) is 1.88. The molecule has 0 unspecified atom stereocenters. The number of aliphatic imine (C=N–C) groups is 1. The first-order chi connectivity index (χ1) is 19.6. The maximum Gasteiger partial charge on any atom is 0.326 e. The average Bonchev–Trinajstić information content (AvgIpc) is 3.41. The van der Waals surface area contributed by atoms with Crippen LogP contribution < -0.4 is 27.2 Å². The van der Waals surface area contributed by atoms with Crippen LogP contribution in [0.25, 0.3) is 22.0 Å². The lowest BCUT2D eigenvalue weighted by atomic mass is 10.0. The van der Waals surface area contributed by atoms with E-state index in [1.807, 2.05) is 30.3 Å². The molecule has 41 heavy (non-hydrogen) atoms. The van der Waals surface area contributed by atoms with Crippen LogP contribution in [-0.2, 0) is 21.4 Å². The number of carbonyl (C=O) groups excluding carboxylic acids is 1. The molecule has 4 rings (SSSR count). The molecule has 12 nitrogen and oxygen atoms in total. The van der Waals surface area contributed by atoms with Crippen molar-refractivity contribution in [2.45, 2.75) is 30.3 Å². The number of anilines is 1. The minimum Gasteiger partial charge on any atom is -0.480 e. The highest BCUT2D eigenvalue weighted by Crippen LogP contribution is 2.32. The average molecular weight is 596 g/mol. The number of benzene rings is 2. The highest BCUT2D eigenvalue weighted by molar-refractivity contribution is 7.93. The summed E-state index contributed by atoms with van der Waals surface area (Å²) in [5.74, 6) is -2.09. The Kier molecular flexibility index (Phi) is 9.17. The van der Waals surface area contributed by atoms with Crippen molar-refractivity contribution in [3.63, 3.8) is 0 Å². The second kappa shape index (κ2) is 12.8. The van der Waals surface area contributed by atoms with Crippen molar-refractivity contribution in [3.05, 3.63) is 76.6 Å². The van der Waals surface area contributed by atoms with Crippen LogP contribution in [0.2, 0.25) is 0 Å². The molecule has 0 aliphatic carbocycles. The number of amides is 1. The van der Waals surface area contributed by atoms with Gasteiger partial charge in [-0.25, -0.2) is 13.2 Å². The maximum absolute atomic E-state index is 13.7. The highest BCUT2D eigenvalue weighted by atomic mass is 32.2. The number of nitrogens with zero attached hydrogens (tertiary/aromatic N) is 2. The molecule has 1 amide bonds. The fraction of sp³-hybridized carbons (Fsp3) is 0.185. The van der Waals surface area contributed by atoms with Crippen LogP contribution in [0.1, 0.15) is 28.1 Å². The Hall–Kier alpha value is -4.53. The number of carbonyl (C=O) groups is 2. The molecule has 2 aromatic carbocycles. The van der Waals surface area contributed by atoms with Gasteiger partial charge in [-0.15, -0.1) is 11.3 Å². The van der Waals surface area contributed by atoms with Gasteiger partial charge in [0, 0.05) is 24.7 Å². The monoisotopic (exact) mass is 595 g/mol. The SMILES string of the molecule is NCc1cccc(-c2cc(S(=O)(=O)Nc3ccsc3C(=O)N[C@@H](CCCN=C(N)N)C(=O)O)c3ncccc3c2)c1. The Bertz CT molecular complexity index is 1720. The first kappa shape index (κ1) is 29.5. The zero-order valence-corrected chi connectivity index (χ0v) is 23.4. The van der Waals surface area contributed by atoms with Gasteiger partial charge >= 0.3 is 5.97 Å². The molecular weight excluding hydrogens is 566 g/mol. The van der Waals surface area contributed by atoms with Gasteiger partial charge in [0.15, 0.2) is 5.96 Å². The molecule has 0 bridgehead atoms. The number of guanidine groups is 1. The van der Waals surface area contributed by atoms with E-state index in [9.17, 15) is 23.1 Å². The number of hydrogen-bond acceptors (Lipinski definition) is 8. The van der Waals surface area contributed by atoms with Crippen molar-refractivity contribution < 1.29 is 23.1 Å². The standard InChI is InChI=1S/C27H29N7O5S2/c28-15-16-4-1-5-17(12-16)19-13-18-6-2-9-31-23(18)22(14-19)41(38,39)34-20-8-11-40-24(20)25(35)33-21(26(36)37)7-3-10-32-27(29)30/h1-2,4-6,8-9,11-14,21,34H,3,7,10,15,28H2,(H,33,35)(H,36,37)(H4,29,30,32)/t21-/m0/s1. The Morgan fingerprint density at radius 1 is 1.07 bits per heavy atom.